The first-order valence-corrected chi connectivity index (χ1v) is 8.65. The van der Waals surface area contributed by atoms with Crippen LogP contribution in [-0.4, -0.2) is 52.5 Å². The van der Waals surface area contributed by atoms with Crippen molar-refractivity contribution in [2.24, 2.45) is 11.7 Å². The highest BCUT2D eigenvalue weighted by atomic mass is 32.1. The van der Waals surface area contributed by atoms with Gasteiger partial charge < -0.3 is 5.73 Å². The van der Waals surface area contributed by atoms with Crippen LogP contribution in [0.5, 0.6) is 0 Å². The van der Waals surface area contributed by atoms with Crippen LogP contribution in [0.2, 0.25) is 0 Å². The quantitative estimate of drug-likeness (QED) is 0.809. The van der Waals surface area contributed by atoms with E-state index in [2.05, 4.69) is 30.6 Å². The molecule has 2 rings (SSSR count). The lowest BCUT2D eigenvalue weighted by molar-refractivity contribution is 0.0440. The van der Waals surface area contributed by atoms with E-state index < -0.39 is 0 Å². The zero-order valence-corrected chi connectivity index (χ0v) is 14.2. The highest BCUT2D eigenvalue weighted by Gasteiger charge is 2.34. The Morgan fingerprint density at radius 3 is 2.10 bits per heavy atom. The molecule has 0 bridgehead atoms. The minimum absolute atomic E-state index is 0.138. The normalized spacial score (nSPS) is 30.4. The van der Waals surface area contributed by atoms with Crippen LogP contribution in [-0.2, 0) is 0 Å². The summed E-state index contributed by atoms with van der Waals surface area (Å²) >= 11 is 5.22. The van der Waals surface area contributed by atoms with Crippen molar-refractivity contribution in [3.05, 3.63) is 0 Å². The second-order valence-corrected chi connectivity index (χ2v) is 7.47. The van der Waals surface area contributed by atoms with Gasteiger partial charge in [0.05, 0.1) is 10.5 Å². The van der Waals surface area contributed by atoms with Crippen LogP contribution < -0.4 is 5.73 Å². The van der Waals surface area contributed by atoms with Crippen molar-refractivity contribution in [3.8, 4) is 0 Å². The van der Waals surface area contributed by atoms with E-state index in [1.165, 1.54) is 45.2 Å². The summed E-state index contributed by atoms with van der Waals surface area (Å²) in [7, 11) is 0. The highest BCUT2D eigenvalue weighted by molar-refractivity contribution is 7.80. The molecule has 2 N–H and O–H groups in total. The monoisotopic (exact) mass is 297 g/mol. The van der Waals surface area contributed by atoms with Crippen LogP contribution >= 0.6 is 12.2 Å². The number of piperazine rings is 1. The van der Waals surface area contributed by atoms with Gasteiger partial charge in [-0.15, -0.1) is 0 Å². The predicted molar refractivity (Wildman–Crippen MR) is 90.0 cm³/mol. The molecule has 0 aromatic rings. The molecule has 20 heavy (non-hydrogen) atoms. The molecule has 1 aliphatic carbocycles. The minimum atomic E-state index is -0.138. The van der Waals surface area contributed by atoms with Crippen LogP contribution in [0.1, 0.15) is 52.9 Å². The van der Waals surface area contributed by atoms with Gasteiger partial charge in [0.25, 0.3) is 0 Å². The lowest BCUT2D eigenvalue weighted by atomic mass is 9.83. The first kappa shape index (κ1) is 16.2. The summed E-state index contributed by atoms with van der Waals surface area (Å²) in [6, 6.07) is 0.827. The molecule has 0 spiro atoms. The van der Waals surface area contributed by atoms with E-state index in [0.717, 1.165) is 25.0 Å². The van der Waals surface area contributed by atoms with E-state index in [9.17, 15) is 0 Å². The third-order valence-electron chi connectivity index (χ3n) is 5.62. The van der Waals surface area contributed by atoms with Crippen molar-refractivity contribution in [2.75, 3.05) is 26.2 Å². The first-order chi connectivity index (χ1) is 9.45. The van der Waals surface area contributed by atoms with Gasteiger partial charge in [0, 0.05) is 32.2 Å². The molecule has 1 aliphatic heterocycles. The third-order valence-corrected chi connectivity index (χ3v) is 6.12. The molecular weight excluding hydrogens is 266 g/mol. The molecule has 0 aromatic heterocycles. The van der Waals surface area contributed by atoms with Gasteiger partial charge in [-0.2, -0.15) is 0 Å². The Bertz CT molecular complexity index is 327. The van der Waals surface area contributed by atoms with Crippen LogP contribution in [0, 0.1) is 5.92 Å². The van der Waals surface area contributed by atoms with Crippen LogP contribution in [0.25, 0.3) is 0 Å². The van der Waals surface area contributed by atoms with Gasteiger partial charge in [-0.25, -0.2) is 0 Å². The summed E-state index contributed by atoms with van der Waals surface area (Å²) < 4.78 is 0. The van der Waals surface area contributed by atoms with Crippen molar-refractivity contribution < 1.29 is 0 Å². The molecule has 4 heteroatoms. The molecule has 2 aliphatic rings. The second kappa shape index (κ2) is 6.71. The molecule has 3 nitrogen and oxygen atoms in total. The Morgan fingerprint density at radius 2 is 1.65 bits per heavy atom. The van der Waals surface area contributed by atoms with Crippen molar-refractivity contribution >= 4 is 17.2 Å². The molecule has 0 amide bonds. The van der Waals surface area contributed by atoms with Crippen molar-refractivity contribution in [2.45, 2.75) is 64.5 Å². The summed E-state index contributed by atoms with van der Waals surface area (Å²) in [5.41, 5.74) is 5.75. The van der Waals surface area contributed by atoms with E-state index >= 15 is 0 Å². The van der Waals surface area contributed by atoms with E-state index in [1.54, 1.807) is 0 Å². The van der Waals surface area contributed by atoms with Gasteiger partial charge in [-0.05, 0) is 45.4 Å². The van der Waals surface area contributed by atoms with E-state index in [4.69, 9.17) is 18.0 Å². The summed E-state index contributed by atoms with van der Waals surface area (Å²) in [6.45, 7) is 11.2. The van der Waals surface area contributed by atoms with E-state index in [-0.39, 0.29) is 5.54 Å². The molecule has 0 unspecified atom stereocenters. The van der Waals surface area contributed by atoms with Crippen molar-refractivity contribution in [1.29, 1.82) is 0 Å². The smallest absolute Gasteiger partial charge is 0.0928 e. The number of thiocarbonyl (C=S) groups is 1. The third kappa shape index (κ3) is 3.52. The fourth-order valence-corrected chi connectivity index (χ4v) is 3.85. The van der Waals surface area contributed by atoms with Gasteiger partial charge >= 0.3 is 0 Å². The lowest BCUT2D eigenvalue weighted by Crippen LogP contribution is -2.60. The van der Waals surface area contributed by atoms with Crippen molar-refractivity contribution in [1.82, 2.24) is 9.80 Å². The average molecular weight is 298 g/mol. The molecular formula is C16H31N3S. The van der Waals surface area contributed by atoms with Crippen LogP contribution in [0.3, 0.4) is 0 Å². The summed E-state index contributed by atoms with van der Waals surface area (Å²) in [5, 5.41) is 0. The van der Waals surface area contributed by atoms with Gasteiger partial charge in [0.2, 0.25) is 0 Å². The first-order valence-electron chi connectivity index (χ1n) is 8.24. The maximum absolute atomic E-state index is 5.89. The van der Waals surface area contributed by atoms with E-state index in [0.29, 0.717) is 4.99 Å². The predicted octanol–water partition coefficient (Wildman–Crippen LogP) is 2.64. The SMILES string of the molecule is CCC1CCC(N2CCN(C(C)(C)C(N)=S)CC2)CC1. The standard InChI is InChI=1S/C16H31N3S/c1-4-13-5-7-14(8-6-13)18-9-11-19(12-10-18)16(2,3)15(17)20/h13-14H,4-12H2,1-3H3,(H2,17,20). The Hall–Kier alpha value is -0.190. The van der Waals surface area contributed by atoms with Gasteiger partial charge in [0.15, 0.2) is 0 Å². The average Bonchev–Trinajstić information content (AvgIpc) is 2.47. The molecule has 1 heterocycles. The Kier molecular flexibility index (Phi) is 5.43. The Balaban J connectivity index is 1.81. The number of hydrogen-bond donors (Lipinski definition) is 1. The summed E-state index contributed by atoms with van der Waals surface area (Å²) in [4.78, 5) is 5.77. The maximum Gasteiger partial charge on any atom is 0.0928 e. The number of rotatable bonds is 4. The largest absolute Gasteiger partial charge is 0.392 e. The number of nitrogens with zero attached hydrogens (tertiary/aromatic N) is 2. The summed E-state index contributed by atoms with van der Waals surface area (Å²) in [5.74, 6) is 0.987. The summed E-state index contributed by atoms with van der Waals surface area (Å²) in [6.07, 6.45) is 7.02. The molecule has 2 fully saturated rings. The molecule has 116 valence electrons. The van der Waals surface area contributed by atoms with Crippen LogP contribution in [0.15, 0.2) is 0 Å². The lowest BCUT2D eigenvalue weighted by Gasteiger charge is -2.46. The van der Waals surface area contributed by atoms with Crippen molar-refractivity contribution in [3.63, 3.8) is 0 Å². The molecule has 0 atom stereocenters. The minimum Gasteiger partial charge on any atom is -0.392 e. The van der Waals surface area contributed by atoms with E-state index in [1.807, 2.05) is 0 Å². The fourth-order valence-electron chi connectivity index (χ4n) is 3.72. The Morgan fingerprint density at radius 1 is 1.10 bits per heavy atom. The molecule has 1 saturated carbocycles. The van der Waals surface area contributed by atoms with Gasteiger partial charge in [-0.3, -0.25) is 9.80 Å². The Labute approximate surface area is 129 Å². The zero-order valence-electron chi connectivity index (χ0n) is 13.4. The van der Waals surface area contributed by atoms with Gasteiger partial charge in [0.1, 0.15) is 0 Å². The number of hydrogen-bond acceptors (Lipinski definition) is 3. The number of nitrogens with two attached hydrogens (primary N) is 1. The second-order valence-electron chi connectivity index (χ2n) is 7.03. The molecule has 0 radical (unpaired) electrons. The topological polar surface area (TPSA) is 32.5 Å². The van der Waals surface area contributed by atoms with Crippen LogP contribution in [0.4, 0.5) is 0 Å². The molecule has 0 aromatic carbocycles. The highest BCUT2D eigenvalue weighted by Crippen LogP contribution is 2.30. The maximum atomic E-state index is 5.89. The fraction of sp³-hybridized carbons (Fsp3) is 0.938. The van der Waals surface area contributed by atoms with Gasteiger partial charge in [-0.1, -0.05) is 25.6 Å². The zero-order chi connectivity index (χ0) is 14.8. The molecule has 1 saturated heterocycles.